The van der Waals surface area contributed by atoms with E-state index >= 15 is 0 Å². The average Bonchev–Trinajstić information content (AvgIpc) is 3.39. The molecule has 2 heterocycles. The van der Waals surface area contributed by atoms with E-state index < -0.39 is 4.92 Å². The Morgan fingerprint density at radius 2 is 1.83 bits per heavy atom. The second-order valence-corrected chi connectivity index (χ2v) is 9.19. The van der Waals surface area contributed by atoms with Crippen molar-refractivity contribution in [1.82, 2.24) is 4.98 Å². The van der Waals surface area contributed by atoms with Crippen LogP contribution < -0.4 is 4.90 Å². The van der Waals surface area contributed by atoms with Crippen LogP contribution in [0.25, 0.3) is 10.2 Å². The summed E-state index contributed by atoms with van der Waals surface area (Å²) in [5.41, 5.74) is 2.99. The number of nitrogens with zero attached hydrogens (tertiary/aromatic N) is 3. The van der Waals surface area contributed by atoms with Gasteiger partial charge in [0.25, 0.3) is 5.91 Å². The second kappa shape index (κ2) is 8.33. The normalized spacial score (nSPS) is 11.2. The number of rotatable bonds is 6. The predicted octanol–water partition coefficient (Wildman–Crippen LogP) is 6.24. The number of para-hydroxylation sites is 1. The third-order valence-electron chi connectivity index (χ3n) is 4.70. The summed E-state index contributed by atoms with van der Waals surface area (Å²) < 4.78 is 1.01. The maximum absolute atomic E-state index is 13.4. The number of fused-ring (bicyclic) bond motifs is 1. The summed E-state index contributed by atoms with van der Waals surface area (Å²) in [6, 6.07) is 18.6. The molecule has 152 valence electrons. The number of thiophene rings is 1. The molecule has 2 aromatic heterocycles. The first kappa shape index (κ1) is 20.2. The number of carbonyl (C=O) groups is 1. The monoisotopic (exact) mass is 437 g/mol. The van der Waals surface area contributed by atoms with Gasteiger partial charge in [-0.1, -0.05) is 79.0 Å². The number of amides is 1. The van der Waals surface area contributed by atoms with Crippen LogP contribution in [-0.4, -0.2) is 15.8 Å². The molecule has 0 radical (unpaired) electrons. The Kier molecular flexibility index (Phi) is 5.61. The van der Waals surface area contributed by atoms with Crippen LogP contribution >= 0.6 is 22.7 Å². The van der Waals surface area contributed by atoms with Gasteiger partial charge in [-0.15, -0.1) is 0 Å². The highest BCUT2D eigenvalue weighted by atomic mass is 32.1. The molecular formula is C22H19N3O3S2. The van der Waals surface area contributed by atoms with Crippen LogP contribution in [0.5, 0.6) is 0 Å². The van der Waals surface area contributed by atoms with Crippen LogP contribution in [0.3, 0.4) is 0 Å². The molecule has 2 aromatic carbocycles. The number of hydrogen-bond acceptors (Lipinski definition) is 6. The number of aromatic nitrogens is 1. The van der Waals surface area contributed by atoms with Gasteiger partial charge in [0.15, 0.2) is 5.13 Å². The Labute approximate surface area is 181 Å². The van der Waals surface area contributed by atoms with E-state index in [1.54, 1.807) is 4.90 Å². The summed E-state index contributed by atoms with van der Waals surface area (Å²) in [5.74, 6) is 0.0176. The molecule has 8 heteroatoms. The van der Waals surface area contributed by atoms with E-state index in [2.05, 4.69) is 19.9 Å². The van der Waals surface area contributed by atoms with Crippen LogP contribution in [0.2, 0.25) is 0 Å². The van der Waals surface area contributed by atoms with Gasteiger partial charge in [0, 0.05) is 6.07 Å². The highest BCUT2D eigenvalue weighted by Crippen LogP contribution is 2.35. The molecule has 0 atom stereocenters. The van der Waals surface area contributed by atoms with Crippen molar-refractivity contribution in [2.24, 2.45) is 0 Å². The van der Waals surface area contributed by atoms with Crippen LogP contribution in [0, 0.1) is 10.1 Å². The first-order valence-corrected chi connectivity index (χ1v) is 11.1. The summed E-state index contributed by atoms with van der Waals surface area (Å²) in [7, 11) is 0. The van der Waals surface area contributed by atoms with Crippen molar-refractivity contribution in [2.45, 2.75) is 26.3 Å². The number of nitro groups is 1. The fourth-order valence-electron chi connectivity index (χ4n) is 3.21. The molecule has 0 aliphatic heterocycles. The van der Waals surface area contributed by atoms with Crippen LogP contribution in [0.15, 0.2) is 60.7 Å². The molecule has 4 aromatic rings. The van der Waals surface area contributed by atoms with E-state index in [0.29, 0.717) is 22.5 Å². The van der Waals surface area contributed by atoms with Crippen LogP contribution in [0.4, 0.5) is 10.1 Å². The number of thiazole rings is 1. The lowest BCUT2D eigenvalue weighted by Gasteiger charge is -2.19. The van der Waals surface area contributed by atoms with E-state index in [0.717, 1.165) is 32.7 Å². The molecule has 1 amide bonds. The Morgan fingerprint density at radius 3 is 2.50 bits per heavy atom. The molecule has 0 aliphatic rings. The minimum Gasteiger partial charge on any atom is -0.279 e. The fourth-order valence-corrected chi connectivity index (χ4v) is 4.97. The molecular weight excluding hydrogens is 418 g/mol. The van der Waals surface area contributed by atoms with Crippen molar-refractivity contribution in [3.63, 3.8) is 0 Å². The molecule has 0 unspecified atom stereocenters. The van der Waals surface area contributed by atoms with Gasteiger partial charge in [0.05, 0.1) is 26.6 Å². The van der Waals surface area contributed by atoms with Gasteiger partial charge in [-0.25, -0.2) is 4.98 Å². The van der Waals surface area contributed by atoms with E-state index in [1.807, 2.05) is 42.5 Å². The lowest BCUT2D eigenvalue weighted by molar-refractivity contribution is -0.380. The maximum Gasteiger partial charge on any atom is 0.324 e. The molecule has 0 bridgehead atoms. The average molecular weight is 438 g/mol. The molecule has 0 spiro atoms. The number of anilines is 1. The lowest BCUT2D eigenvalue weighted by Crippen LogP contribution is -2.29. The van der Waals surface area contributed by atoms with Crippen molar-refractivity contribution in [1.29, 1.82) is 0 Å². The van der Waals surface area contributed by atoms with Gasteiger partial charge in [-0.05, 0) is 29.2 Å². The van der Waals surface area contributed by atoms with Crippen molar-refractivity contribution >= 4 is 48.9 Å². The molecule has 0 aliphatic carbocycles. The van der Waals surface area contributed by atoms with E-state index in [9.17, 15) is 14.9 Å². The zero-order valence-electron chi connectivity index (χ0n) is 16.4. The molecule has 0 N–H and O–H groups in total. The zero-order valence-corrected chi connectivity index (χ0v) is 18.1. The van der Waals surface area contributed by atoms with Crippen molar-refractivity contribution in [3.8, 4) is 0 Å². The number of benzene rings is 2. The second-order valence-electron chi connectivity index (χ2n) is 7.12. The minimum atomic E-state index is -0.477. The first-order valence-electron chi connectivity index (χ1n) is 9.43. The zero-order chi connectivity index (χ0) is 21.3. The summed E-state index contributed by atoms with van der Waals surface area (Å²) in [6.45, 7) is 4.57. The maximum atomic E-state index is 13.4. The van der Waals surface area contributed by atoms with E-state index in [1.165, 1.54) is 23.5 Å². The Hall–Kier alpha value is -3.10. The smallest absolute Gasteiger partial charge is 0.279 e. The Balaban J connectivity index is 1.78. The number of carbonyl (C=O) groups excluding carboxylic acids is 1. The largest absolute Gasteiger partial charge is 0.324 e. The van der Waals surface area contributed by atoms with Gasteiger partial charge in [-0.3, -0.25) is 19.8 Å². The summed E-state index contributed by atoms with van der Waals surface area (Å²) in [4.78, 5) is 30.7. The van der Waals surface area contributed by atoms with Crippen LogP contribution in [-0.2, 0) is 6.54 Å². The molecule has 0 saturated carbocycles. The van der Waals surface area contributed by atoms with Crippen molar-refractivity contribution < 1.29 is 9.72 Å². The van der Waals surface area contributed by atoms with E-state index in [4.69, 9.17) is 4.98 Å². The van der Waals surface area contributed by atoms with Crippen molar-refractivity contribution in [3.05, 3.63) is 86.8 Å². The number of hydrogen-bond donors (Lipinski definition) is 0. The summed E-state index contributed by atoms with van der Waals surface area (Å²) in [5, 5.41) is 11.6. The third kappa shape index (κ3) is 3.96. The first-order chi connectivity index (χ1) is 14.4. The van der Waals surface area contributed by atoms with Gasteiger partial charge in [0.2, 0.25) is 0 Å². The third-order valence-corrected chi connectivity index (χ3v) is 6.77. The highest BCUT2D eigenvalue weighted by molar-refractivity contribution is 7.22. The predicted molar refractivity (Wildman–Crippen MR) is 122 cm³/mol. The van der Waals surface area contributed by atoms with Gasteiger partial charge in [0.1, 0.15) is 0 Å². The SMILES string of the molecule is CC(C)c1cccc2sc(N(Cc3ccccc3)C(=O)c3ccc([N+](=O)[O-])s3)nc12. The fraction of sp³-hybridized carbons (Fsp3) is 0.182. The van der Waals surface area contributed by atoms with Crippen molar-refractivity contribution in [2.75, 3.05) is 4.90 Å². The highest BCUT2D eigenvalue weighted by Gasteiger charge is 2.25. The van der Waals surface area contributed by atoms with Gasteiger partial charge in [-0.2, -0.15) is 0 Å². The standard InChI is InChI=1S/C22H19N3O3S2/c1-14(2)16-9-6-10-17-20(16)23-22(30-17)24(13-15-7-4-3-5-8-15)21(26)18-11-12-19(29-18)25(27)28/h3-12,14H,13H2,1-2H3. The topological polar surface area (TPSA) is 76.3 Å². The molecule has 4 rings (SSSR count). The minimum absolute atomic E-state index is 0.0515. The van der Waals surface area contributed by atoms with E-state index in [-0.39, 0.29) is 10.9 Å². The Bertz CT molecular complexity index is 1210. The van der Waals surface area contributed by atoms with Crippen LogP contribution in [0.1, 0.15) is 40.6 Å². The molecule has 6 nitrogen and oxygen atoms in total. The summed E-state index contributed by atoms with van der Waals surface area (Å²) in [6.07, 6.45) is 0. The molecule has 0 saturated heterocycles. The lowest BCUT2D eigenvalue weighted by atomic mass is 10.0. The quantitative estimate of drug-likeness (QED) is 0.264. The Morgan fingerprint density at radius 1 is 1.07 bits per heavy atom. The van der Waals surface area contributed by atoms with Gasteiger partial charge < -0.3 is 0 Å². The summed E-state index contributed by atoms with van der Waals surface area (Å²) >= 11 is 2.34. The van der Waals surface area contributed by atoms with Gasteiger partial charge >= 0.3 is 5.00 Å². The molecule has 30 heavy (non-hydrogen) atoms. The molecule has 0 fully saturated rings.